The van der Waals surface area contributed by atoms with Crippen molar-refractivity contribution < 1.29 is 4.79 Å². The van der Waals surface area contributed by atoms with Gasteiger partial charge >= 0.3 is 0 Å². The van der Waals surface area contributed by atoms with Crippen molar-refractivity contribution in [2.24, 2.45) is 0 Å². The summed E-state index contributed by atoms with van der Waals surface area (Å²) in [4.78, 5) is 20.5. The lowest BCUT2D eigenvalue weighted by atomic mass is 10.1. The van der Waals surface area contributed by atoms with E-state index in [1.54, 1.807) is 0 Å². The molecule has 1 amide bonds. The standard InChI is InChI=1S/C16H19ClN4O/c1-4-5-18-16-19-8-12(9-20-16)15(22)21-14-11(3)6-10(2)7-13(14)17/h6-9H,4-5H2,1-3H3,(H,21,22)(H,18,19,20). The molecule has 0 fully saturated rings. The normalized spacial score (nSPS) is 10.4. The van der Waals surface area contributed by atoms with E-state index in [0.717, 1.165) is 24.1 Å². The molecule has 116 valence electrons. The summed E-state index contributed by atoms with van der Waals surface area (Å²) in [6.45, 7) is 6.72. The van der Waals surface area contributed by atoms with Gasteiger partial charge in [0, 0.05) is 18.9 Å². The zero-order valence-corrected chi connectivity index (χ0v) is 13.7. The van der Waals surface area contributed by atoms with E-state index in [1.165, 1.54) is 12.4 Å². The number of carbonyl (C=O) groups is 1. The first-order valence-electron chi connectivity index (χ1n) is 7.15. The van der Waals surface area contributed by atoms with E-state index < -0.39 is 0 Å². The summed E-state index contributed by atoms with van der Waals surface area (Å²) in [6, 6.07) is 3.79. The number of aromatic nitrogens is 2. The third-order valence-electron chi connectivity index (χ3n) is 3.12. The Morgan fingerprint density at radius 3 is 2.50 bits per heavy atom. The van der Waals surface area contributed by atoms with Gasteiger partial charge in [0.1, 0.15) is 0 Å². The van der Waals surface area contributed by atoms with Crippen molar-refractivity contribution in [3.8, 4) is 0 Å². The van der Waals surface area contributed by atoms with E-state index in [2.05, 4.69) is 27.5 Å². The molecule has 2 aromatic rings. The predicted octanol–water partition coefficient (Wildman–Crippen LogP) is 3.82. The van der Waals surface area contributed by atoms with Crippen LogP contribution in [0.4, 0.5) is 11.6 Å². The zero-order chi connectivity index (χ0) is 16.1. The van der Waals surface area contributed by atoms with Crippen molar-refractivity contribution in [2.75, 3.05) is 17.2 Å². The van der Waals surface area contributed by atoms with E-state index in [9.17, 15) is 4.79 Å². The van der Waals surface area contributed by atoms with E-state index >= 15 is 0 Å². The minimum Gasteiger partial charge on any atom is -0.354 e. The molecule has 1 aromatic heterocycles. The molecular weight excluding hydrogens is 300 g/mol. The summed E-state index contributed by atoms with van der Waals surface area (Å²) in [6.07, 6.45) is 3.98. The molecule has 0 aliphatic heterocycles. The monoisotopic (exact) mass is 318 g/mol. The highest BCUT2D eigenvalue weighted by Gasteiger charge is 2.12. The molecule has 0 spiro atoms. The second-order valence-electron chi connectivity index (χ2n) is 5.11. The highest BCUT2D eigenvalue weighted by atomic mass is 35.5. The maximum atomic E-state index is 12.3. The van der Waals surface area contributed by atoms with Crippen molar-refractivity contribution in [1.82, 2.24) is 9.97 Å². The van der Waals surface area contributed by atoms with Crippen LogP contribution in [0.25, 0.3) is 0 Å². The maximum absolute atomic E-state index is 12.3. The van der Waals surface area contributed by atoms with E-state index in [4.69, 9.17) is 11.6 Å². The van der Waals surface area contributed by atoms with Gasteiger partial charge in [-0.05, 0) is 37.5 Å². The van der Waals surface area contributed by atoms with E-state index in [-0.39, 0.29) is 5.91 Å². The van der Waals surface area contributed by atoms with E-state index in [0.29, 0.717) is 22.2 Å². The third kappa shape index (κ3) is 3.95. The molecule has 0 saturated heterocycles. The van der Waals surface area contributed by atoms with Gasteiger partial charge in [-0.25, -0.2) is 9.97 Å². The number of halogens is 1. The first kappa shape index (κ1) is 16.2. The number of aryl methyl sites for hydroxylation is 2. The molecule has 0 atom stereocenters. The second-order valence-corrected chi connectivity index (χ2v) is 5.52. The summed E-state index contributed by atoms with van der Waals surface area (Å²) in [5.74, 6) is 0.235. The molecule has 2 rings (SSSR count). The highest BCUT2D eigenvalue weighted by Crippen LogP contribution is 2.27. The van der Waals surface area contributed by atoms with Crippen LogP contribution in [0, 0.1) is 13.8 Å². The number of carbonyl (C=O) groups excluding carboxylic acids is 1. The van der Waals surface area contributed by atoms with Crippen LogP contribution in [0.15, 0.2) is 24.5 Å². The molecule has 6 heteroatoms. The number of hydrogen-bond donors (Lipinski definition) is 2. The Hall–Kier alpha value is -2.14. The number of nitrogens with zero attached hydrogens (tertiary/aromatic N) is 2. The molecule has 0 aliphatic rings. The van der Waals surface area contributed by atoms with Gasteiger partial charge in [-0.3, -0.25) is 4.79 Å². The van der Waals surface area contributed by atoms with Crippen LogP contribution < -0.4 is 10.6 Å². The Kier molecular flexibility index (Phi) is 5.33. The summed E-state index contributed by atoms with van der Waals surface area (Å²) >= 11 is 6.19. The quantitative estimate of drug-likeness (QED) is 0.879. The van der Waals surface area contributed by atoms with Gasteiger partial charge in [0.25, 0.3) is 5.91 Å². The van der Waals surface area contributed by atoms with Gasteiger partial charge < -0.3 is 10.6 Å². The van der Waals surface area contributed by atoms with Gasteiger partial charge in [-0.2, -0.15) is 0 Å². The van der Waals surface area contributed by atoms with Crippen molar-refractivity contribution in [3.05, 3.63) is 46.2 Å². The number of benzene rings is 1. The lowest BCUT2D eigenvalue weighted by Gasteiger charge is -2.11. The Balaban J connectivity index is 2.12. The highest BCUT2D eigenvalue weighted by molar-refractivity contribution is 6.34. The van der Waals surface area contributed by atoms with Crippen molar-refractivity contribution in [1.29, 1.82) is 0 Å². The van der Waals surface area contributed by atoms with Gasteiger partial charge in [-0.15, -0.1) is 0 Å². The largest absolute Gasteiger partial charge is 0.354 e. The molecule has 2 N–H and O–H groups in total. The number of rotatable bonds is 5. The first-order chi connectivity index (χ1) is 10.5. The minimum absolute atomic E-state index is 0.282. The van der Waals surface area contributed by atoms with Crippen LogP contribution in [0.5, 0.6) is 0 Å². The number of anilines is 2. The average molecular weight is 319 g/mol. The van der Waals surface area contributed by atoms with Crippen LogP contribution in [0.1, 0.15) is 34.8 Å². The van der Waals surface area contributed by atoms with E-state index in [1.807, 2.05) is 26.0 Å². The smallest absolute Gasteiger partial charge is 0.258 e. The summed E-state index contributed by atoms with van der Waals surface area (Å²) in [5, 5.41) is 6.39. The van der Waals surface area contributed by atoms with Crippen LogP contribution >= 0.6 is 11.6 Å². The SMILES string of the molecule is CCCNc1ncc(C(=O)Nc2c(C)cc(C)cc2Cl)cn1. The number of amides is 1. The molecule has 22 heavy (non-hydrogen) atoms. The maximum Gasteiger partial charge on any atom is 0.258 e. The topological polar surface area (TPSA) is 66.9 Å². The molecule has 0 radical (unpaired) electrons. The van der Waals surface area contributed by atoms with Crippen molar-refractivity contribution >= 4 is 29.1 Å². The fraction of sp³-hybridized carbons (Fsp3) is 0.312. The second kappa shape index (κ2) is 7.22. The zero-order valence-electron chi connectivity index (χ0n) is 12.9. The van der Waals surface area contributed by atoms with Crippen molar-refractivity contribution in [2.45, 2.75) is 27.2 Å². The molecule has 1 aromatic carbocycles. The Morgan fingerprint density at radius 1 is 1.23 bits per heavy atom. The lowest BCUT2D eigenvalue weighted by molar-refractivity contribution is 0.102. The third-order valence-corrected chi connectivity index (χ3v) is 3.42. The van der Waals surface area contributed by atoms with Gasteiger partial charge in [0.15, 0.2) is 0 Å². The molecule has 1 heterocycles. The van der Waals surface area contributed by atoms with Gasteiger partial charge in [0.05, 0.1) is 16.3 Å². The van der Waals surface area contributed by atoms with Crippen LogP contribution in [-0.2, 0) is 0 Å². The predicted molar refractivity (Wildman–Crippen MR) is 89.7 cm³/mol. The Labute approximate surface area is 135 Å². The first-order valence-corrected chi connectivity index (χ1v) is 7.53. The van der Waals surface area contributed by atoms with Crippen LogP contribution in [-0.4, -0.2) is 22.4 Å². The van der Waals surface area contributed by atoms with Gasteiger partial charge in [0.2, 0.25) is 5.95 Å². The molecular formula is C16H19ClN4O. The molecule has 0 aliphatic carbocycles. The van der Waals surface area contributed by atoms with Gasteiger partial charge in [-0.1, -0.05) is 24.6 Å². The van der Waals surface area contributed by atoms with Crippen LogP contribution in [0.2, 0.25) is 5.02 Å². The Bertz CT molecular complexity index is 647. The summed E-state index contributed by atoms with van der Waals surface area (Å²) in [5.41, 5.74) is 2.97. The number of hydrogen-bond acceptors (Lipinski definition) is 4. The van der Waals surface area contributed by atoms with Crippen molar-refractivity contribution in [3.63, 3.8) is 0 Å². The lowest BCUT2D eigenvalue weighted by Crippen LogP contribution is -2.14. The average Bonchev–Trinajstić information content (AvgIpc) is 2.49. The molecule has 5 nitrogen and oxygen atoms in total. The molecule has 0 bridgehead atoms. The summed E-state index contributed by atoms with van der Waals surface area (Å²) < 4.78 is 0. The van der Waals surface area contributed by atoms with Crippen LogP contribution in [0.3, 0.4) is 0 Å². The minimum atomic E-state index is -0.282. The number of nitrogens with one attached hydrogen (secondary N) is 2. The molecule has 0 unspecified atom stereocenters. The fourth-order valence-electron chi connectivity index (χ4n) is 2.03. The Morgan fingerprint density at radius 2 is 1.91 bits per heavy atom. The summed E-state index contributed by atoms with van der Waals surface area (Å²) in [7, 11) is 0. The fourth-order valence-corrected chi connectivity index (χ4v) is 2.40. The molecule has 0 saturated carbocycles.